The number of carboxylic acid groups (broad SMARTS) is 2. The number of carbonyl (C=O) groups excluding carboxylic acids is 1. The van der Waals surface area contributed by atoms with Crippen LogP contribution in [0.15, 0.2) is 59.9 Å². The van der Waals surface area contributed by atoms with Crippen molar-refractivity contribution >= 4 is 17.9 Å². The van der Waals surface area contributed by atoms with E-state index in [9.17, 15) is 29.7 Å². The van der Waals surface area contributed by atoms with Gasteiger partial charge in [-0.25, -0.2) is 9.59 Å². The van der Waals surface area contributed by atoms with Crippen LogP contribution in [-0.4, -0.2) is 56.0 Å². The molecule has 9 heteroatoms. The van der Waals surface area contributed by atoms with Crippen LogP contribution in [0.3, 0.4) is 0 Å². The van der Waals surface area contributed by atoms with E-state index in [1.807, 2.05) is 19.1 Å². The van der Waals surface area contributed by atoms with E-state index in [0.29, 0.717) is 24.0 Å². The van der Waals surface area contributed by atoms with Gasteiger partial charge in [0.05, 0.1) is 16.7 Å². The van der Waals surface area contributed by atoms with Crippen molar-refractivity contribution in [2.24, 2.45) is 5.41 Å². The lowest BCUT2D eigenvalue weighted by Gasteiger charge is -2.41. The Morgan fingerprint density at radius 3 is 2.08 bits per heavy atom. The Kier molecular flexibility index (Phi) is 8.45. The van der Waals surface area contributed by atoms with Gasteiger partial charge in [0.2, 0.25) is 0 Å². The maximum atomic E-state index is 12.7. The minimum atomic E-state index is -1.50. The molecule has 0 radical (unpaired) electrons. The molecule has 0 aromatic heterocycles. The molecule has 1 aliphatic heterocycles. The molecule has 4 N–H and O–H groups in total. The van der Waals surface area contributed by atoms with E-state index >= 15 is 0 Å². The van der Waals surface area contributed by atoms with Gasteiger partial charge in [-0.2, -0.15) is 0 Å². The molecule has 0 aliphatic carbocycles. The predicted molar refractivity (Wildman–Crippen MR) is 147 cm³/mol. The lowest BCUT2D eigenvalue weighted by atomic mass is 9.96. The molecule has 0 fully saturated rings. The smallest absolute Gasteiger partial charge is 0.354 e. The molecule has 2 aromatic carbocycles. The number of benzene rings is 2. The van der Waals surface area contributed by atoms with Crippen molar-refractivity contribution in [3.63, 3.8) is 0 Å². The Morgan fingerprint density at radius 2 is 1.56 bits per heavy atom. The van der Waals surface area contributed by atoms with Crippen LogP contribution < -0.4 is 5.32 Å². The first kappa shape index (κ1) is 29.7. The number of aliphatic hydroxyl groups is 1. The fourth-order valence-corrected chi connectivity index (χ4v) is 4.70. The molecule has 210 valence electrons. The third-order valence-electron chi connectivity index (χ3n) is 6.68. The third kappa shape index (κ3) is 6.42. The van der Waals surface area contributed by atoms with Crippen LogP contribution >= 0.6 is 0 Å². The first-order chi connectivity index (χ1) is 18.1. The molecule has 1 heterocycles. The molecule has 1 aliphatic rings. The summed E-state index contributed by atoms with van der Waals surface area (Å²) in [6, 6.07) is 13.9. The molecule has 0 amide bonds. The predicted octanol–water partition coefficient (Wildman–Crippen LogP) is 4.61. The average Bonchev–Trinajstić information content (AvgIpc) is 3.17. The third-order valence-corrected chi connectivity index (χ3v) is 6.68. The lowest BCUT2D eigenvalue weighted by molar-refractivity contribution is -0.158. The van der Waals surface area contributed by atoms with Gasteiger partial charge in [-0.1, -0.05) is 55.8 Å². The van der Waals surface area contributed by atoms with Crippen molar-refractivity contribution in [1.82, 2.24) is 10.2 Å². The summed E-state index contributed by atoms with van der Waals surface area (Å²) >= 11 is 0. The number of carboxylic acids is 2. The van der Waals surface area contributed by atoms with Gasteiger partial charge < -0.3 is 30.3 Å². The lowest BCUT2D eigenvalue weighted by Crippen LogP contribution is -2.57. The highest BCUT2D eigenvalue weighted by Gasteiger charge is 2.51. The van der Waals surface area contributed by atoms with Gasteiger partial charge in [0.15, 0.2) is 0 Å². The molecule has 0 saturated heterocycles. The number of carbonyl (C=O) groups is 3. The molecule has 1 unspecified atom stereocenters. The number of rotatable bonds is 10. The zero-order chi connectivity index (χ0) is 29.2. The molecular weight excluding hydrogens is 500 g/mol. The number of nitrogens with zero attached hydrogens (tertiary/aromatic N) is 1. The van der Waals surface area contributed by atoms with Crippen LogP contribution in [0.1, 0.15) is 70.3 Å². The molecule has 3 rings (SSSR count). The zero-order valence-corrected chi connectivity index (χ0v) is 23.4. The molecule has 0 saturated carbocycles. The van der Waals surface area contributed by atoms with Gasteiger partial charge in [0, 0.05) is 6.54 Å². The maximum Gasteiger partial charge on any atom is 0.354 e. The minimum Gasteiger partial charge on any atom is -0.478 e. The average molecular weight is 539 g/mol. The second kappa shape index (κ2) is 11.1. The standard InChI is InChI=1S/C30H38N2O7/c1-7-16-30(18-39-27(37)28(2,3)4)31-24(29(5,6)38)23(26(35)36)32(30)17-19-12-14-20(15-13-19)21-10-8-9-11-22(21)25(33)34/h8-15,31,38H,7,16-18H2,1-6H3,(H,33,34)(H,35,36). The van der Waals surface area contributed by atoms with E-state index in [4.69, 9.17) is 4.74 Å². The van der Waals surface area contributed by atoms with E-state index in [1.54, 1.807) is 62.1 Å². The van der Waals surface area contributed by atoms with E-state index < -0.39 is 34.6 Å². The van der Waals surface area contributed by atoms with Crippen LogP contribution in [0.2, 0.25) is 0 Å². The van der Waals surface area contributed by atoms with Gasteiger partial charge in [-0.05, 0) is 63.8 Å². The van der Waals surface area contributed by atoms with E-state index in [1.165, 1.54) is 13.8 Å². The van der Waals surface area contributed by atoms with Crippen molar-refractivity contribution in [3.8, 4) is 11.1 Å². The Hall–Kier alpha value is -3.85. The summed E-state index contributed by atoms with van der Waals surface area (Å²) in [5, 5.41) is 34.0. The number of aliphatic carboxylic acids is 1. The Bertz CT molecular complexity index is 1270. The summed E-state index contributed by atoms with van der Waals surface area (Å²) in [5.74, 6) is -2.66. The van der Waals surface area contributed by atoms with Crippen LogP contribution in [0, 0.1) is 5.41 Å². The van der Waals surface area contributed by atoms with Gasteiger partial charge in [-0.3, -0.25) is 4.79 Å². The quantitative estimate of drug-likeness (QED) is 0.320. The number of ether oxygens (including phenoxy) is 1. The second-order valence-electron chi connectivity index (χ2n) is 11.5. The van der Waals surface area contributed by atoms with Crippen LogP contribution in [0.25, 0.3) is 11.1 Å². The number of nitrogens with one attached hydrogen (secondary N) is 1. The summed E-state index contributed by atoms with van der Waals surface area (Å²) < 4.78 is 5.72. The number of esters is 1. The summed E-state index contributed by atoms with van der Waals surface area (Å²) in [6.07, 6.45) is 1.08. The fraction of sp³-hybridized carbons (Fsp3) is 0.433. The van der Waals surface area contributed by atoms with Gasteiger partial charge in [0.25, 0.3) is 0 Å². The highest BCUT2D eigenvalue weighted by molar-refractivity contribution is 5.96. The zero-order valence-electron chi connectivity index (χ0n) is 23.4. The van der Waals surface area contributed by atoms with E-state index in [0.717, 1.165) is 5.56 Å². The van der Waals surface area contributed by atoms with Crippen LogP contribution in [0.4, 0.5) is 0 Å². The SMILES string of the molecule is CCCC1(COC(=O)C(C)(C)C)NC(C(C)(C)O)=C(C(=O)O)N1Cc1ccc(-c2ccccc2C(=O)O)cc1. The van der Waals surface area contributed by atoms with E-state index in [-0.39, 0.29) is 30.1 Å². The normalized spacial score (nSPS) is 17.7. The van der Waals surface area contributed by atoms with Gasteiger partial charge in [0.1, 0.15) is 23.6 Å². The number of hydrogen-bond donors (Lipinski definition) is 4. The Morgan fingerprint density at radius 1 is 0.949 bits per heavy atom. The Labute approximate surface area is 229 Å². The van der Waals surface area contributed by atoms with Crippen LogP contribution in [-0.2, 0) is 20.9 Å². The van der Waals surface area contributed by atoms with Gasteiger partial charge >= 0.3 is 17.9 Å². The van der Waals surface area contributed by atoms with Crippen molar-refractivity contribution in [1.29, 1.82) is 0 Å². The van der Waals surface area contributed by atoms with Crippen molar-refractivity contribution in [3.05, 3.63) is 71.1 Å². The number of hydrogen-bond acceptors (Lipinski definition) is 7. The van der Waals surface area contributed by atoms with Gasteiger partial charge in [-0.15, -0.1) is 0 Å². The Balaban J connectivity index is 2.05. The first-order valence-corrected chi connectivity index (χ1v) is 13.0. The van der Waals surface area contributed by atoms with Crippen molar-refractivity contribution < 1.29 is 34.4 Å². The molecule has 39 heavy (non-hydrogen) atoms. The number of aromatic carboxylic acids is 1. The van der Waals surface area contributed by atoms with Crippen molar-refractivity contribution in [2.45, 2.75) is 72.2 Å². The monoisotopic (exact) mass is 538 g/mol. The summed E-state index contributed by atoms with van der Waals surface area (Å²) in [5.41, 5.74) is -1.08. The molecule has 0 spiro atoms. The molecule has 9 nitrogen and oxygen atoms in total. The topological polar surface area (TPSA) is 136 Å². The molecule has 2 aromatic rings. The minimum absolute atomic E-state index is 0.0944. The van der Waals surface area contributed by atoms with Crippen molar-refractivity contribution in [2.75, 3.05) is 6.61 Å². The van der Waals surface area contributed by atoms with Crippen LogP contribution in [0.5, 0.6) is 0 Å². The summed E-state index contributed by atoms with van der Waals surface area (Å²) in [6.45, 7) is 10.2. The second-order valence-corrected chi connectivity index (χ2v) is 11.5. The first-order valence-electron chi connectivity index (χ1n) is 13.0. The summed E-state index contributed by atoms with van der Waals surface area (Å²) in [7, 11) is 0. The molecule has 0 bridgehead atoms. The van der Waals surface area contributed by atoms with E-state index in [2.05, 4.69) is 5.32 Å². The largest absolute Gasteiger partial charge is 0.478 e. The highest BCUT2D eigenvalue weighted by Crippen LogP contribution is 2.39. The molecular formula is C30H38N2O7. The molecule has 1 atom stereocenters. The maximum absolute atomic E-state index is 12.7. The summed E-state index contributed by atoms with van der Waals surface area (Å²) in [4.78, 5) is 38.6. The highest BCUT2D eigenvalue weighted by atomic mass is 16.5. The fourth-order valence-electron chi connectivity index (χ4n) is 4.70.